The molecule has 2 N–H and O–H groups in total. The van der Waals surface area contributed by atoms with Crippen LogP contribution in [0.1, 0.15) is 31.9 Å². The molecule has 19 heavy (non-hydrogen) atoms. The summed E-state index contributed by atoms with van der Waals surface area (Å²) in [5, 5.41) is 12.8. The van der Waals surface area contributed by atoms with Crippen LogP contribution < -0.4 is 5.32 Å². The average Bonchev–Trinajstić information content (AvgIpc) is 2.26. The quantitative estimate of drug-likeness (QED) is 0.825. The Morgan fingerprint density at radius 2 is 2.16 bits per heavy atom. The third-order valence-electron chi connectivity index (χ3n) is 3.14. The van der Waals surface area contributed by atoms with Gasteiger partial charge in [-0.2, -0.15) is 0 Å². The number of nitrogens with one attached hydrogen (secondary N) is 1. The Morgan fingerprint density at radius 3 is 2.79 bits per heavy atom. The van der Waals surface area contributed by atoms with Crippen LogP contribution in [0.4, 0.5) is 4.39 Å². The van der Waals surface area contributed by atoms with Crippen LogP contribution in [-0.4, -0.2) is 31.4 Å². The molecular weight excluding hydrogens is 269 g/mol. The molecule has 0 radical (unpaired) electrons. The number of benzene rings is 1. The maximum Gasteiger partial charge on any atom is 0.178 e. The first-order valence-corrected chi connectivity index (χ1v) is 7.82. The number of fused-ring (bicyclic) bond motifs is 1. The van der Waals surface area contributed by atoms with Crippen LogP contribution in [-0.2, 0) is 9.84 Å². The Balaban J connectivity index is 2.33. The molecule has 0 bridgehead atoms. The second-order valence-electron chi connectivity index (χ2n) is 5.54. The number of aliphatic hydroxyl groups is 1. The van der Waals surface area contributed by atoms with Crippen molar-refractivity contribution in [3.8, 4) is 0 Å². The van der Waals surface area contributed by atoms with Crippen molar-refractivity contribution >= 4 is 9.84 Å². The van der Waals surface area contributed by atoms with Crippen LogP contribution in [0, 0.1) is 5.82 Å². The molecule has 0 spiro atoms. The van der Waals surface area contributed by atoms with Crippen LogP contribution >= 0.6 is 0 Å². The first-order valence-electron chi connectivity index (χ1n) is 6.17. The third-order valence-corrected chi connectivity index (χ3v) is 4.95. The van der Waals surface area contributed by atoms with Crippen LogP contribution in [0.3, 0.4) is 0 Å². The second kappa shape index (κ2) is 4.85. The molecule has 1 aromatic carbocycles. The smallest absolute Gasteiger partial charge is 0.178 e. The Hall–Kier alpha value is -0.980. The van der Waals surface area contributed by atoms with Crippen LogP contribution in [0.2, 0.25) is 0 Å². The summed E-state index contributed by atoms with van der Waals surface area (Å²) < 4.78 is 37.2. The van der Waals surface area contributed by atoms with Gasteiger partial charge in [-0.15, -0.1) is 0 Å². The molecule has 1 aliphatic heterocycles. The van der Waals surface area contributed by atoms with E-state index in [0.29, 0.717) is 18.5 Å². The van der Waals surface area contributed by atoms with Crippen molar-refractivity contribution in [2.24, 2.45) is 0 Å². The predicted molar refractivity (Wildman–Crippen MR) is 70.1 cm³/mol. The molecule has 6 heteroatoms. The van der Waals surface area contributed by atoms with E-state index in [0.717, 1.165) is 6.07 Å². The minimum Gasteiger partial charge on any atom is -0.389 e. The highest BCUT2D eigenvalue weighted by Crippen LogP contribution is 2.32. The third kappa shape index (κ3) is 3.32. The molecule has 0 aromatic heterocycles. The number of hydrogen-bond acceptors (Lipinski definition) is 4. The zero-order valence-corrected chi connectivity index (χ0v) is 11.8. The normalized spacial score (nSPS) is 22.0. The summed E-state index contributed by atoms with van der Waals surface area (Å²) in [5.74, 6) is -0.416. The fourth-order valence-electron chi connectivity index (χ4n) is 2.20. The Labute approximate surface area is 112 Å². The van der Waals surface area contributed by atoms with E-state index in [4.69, 9.17) is 0 Å². The van der Waals surface area contributed by atoms with E-state index in [2.05, 4.69) is 5.32 Å². The van der Waals surface area contributed by atoms with Crippen molar-refractivity contribution in [2.45, 2.75) is 36.8 Å². The second-order valence-corrected chi connectivity index (χ2v) is 7.61. The van der Waals surface area contributed by atoms with Gasteiger partial charge >= 0.3 is 0 Å². The van der Waals surface area contributed by atoms with Crippen LogP contribution in [0.25, 0.3) is 0 Å². The highest BCUT2D eigenvalue weighted by atomic mass is 32.2. The largest absolute Gasteiger partial charge is 0.389 e. The Morgan fingerprint density at radius 1 is 1.47 bits per heavy atom. The van der Waals surface area contributed by atoms with E-state index < -0.39 is 21.3 Å². The predicted octanol–water partition coefficient (Wildman–Crippen LogP) is 1.40. The maximum atomic E-state index is 13.3. The molecule has 1 atom stereocenters. The zero-order chi connectivity index (χ0) is 14.3. The standard InChI is InChI=1S/C13H18FNO3S/c1-13(2,16)8-15-11-5-6-19(17,18)12-4-3-9(14)7-10(11)12/h3-4,7,11,15-16H,5-6,8H2,1-2H3. The van der Waals surface area contributed by atoms with Crippen molar-refractivity contribution in [3.05, 3.63) is 29.6 Å². The first-order chi connectivity index (χ1) is 8.69. The summed E-state index contributed by atoms with van der Waals surface area (Å²) >= 11 is 0. The van der Waals surface area contributed by atoms with Gasteiger partial charge in [-0.25, -0.2) is 12.8 Å². The topological polar surface area (TPSA) is 66.4 Å². The van der Waals surface area contributed by atoms with Gasteiger partial charge in [-0.3, -0.25) is 0 Å². The Bertz CT molecular complexity index is 578. The highest BCUT2D eigenvalue weighted by Gasteiger charge is 2.31. The molecular formula is C13H18FNO3S. The summed E-state index contributed by atoms with van der Waals surface area (Å²) in [6.07, 6.45) is 0.384. The van der Waals surface area contributed by atoms with Gasteiger partial charge in [0.05, 0.1) is 16.2 Å². The highest BCUT2D eigenvalue weighted by molar-refractivity contribution is 7.91. The van der Waals surface area contributed by atoms with Gasteiger partial charge in [0.1, 0.15) is 5.82 Å². The lowest BCUT2D eigenvalue weighted by atomic mass is 10.0. The first kappa shape index (κ1) is 14.4. The molecule has 2 rings (SSSR count). The van der Waals surface area contributed by atoms with Crippen molar-refractivity contribution in [2.75, 3.05) is 12.3 Å². The molecule has 1 unspecified atom stereocenters. The molecule has 1 aromatic rings. The molecule has 1 heterocycles. The SMILES string of the molecule is CC(C)(O)CNC1CCS(=O)(=O)c2ccc(F)cc21. The minimum absolute atomic E-state index is 0.0369. The molecule has 4 nitrogen and oxygen atoms in total. The molecule has 1 aliphatic rings. The number of sulfone groups is 1. The fraction of sp³-hybridized carbons (Fsp3) is 0.538. The summed E-state index contributed by atoms with van der Waals surface area (Å²) in [4.78, 5) is 0.188. The van der Waals surface area contributed by atoms with Crippen molar-refractivity contribution in [1.82, 2.24) is 5.32 Å². The van der Waals surface area contributed by atoms with Gasteiger partial charge in [-0.05, 0) is 44.0 Å². The summed E-state index contributed by atoms with van der Waals surface area (Å²) in [6.45, 7) is 3.63. The van der Waals surface area contributed by atoms with E-state index in [1.807, 2.05) is 0 Å². The summed E-state index contributed by atoms with van der Waals surface area (Å²) in [5.41, 5.74) is -0.445. The van der Waals surface area contributed by atoms with E-state index in [9.17, 15) is 17.9 Å². The molecule has 0 aliphatic carbocycles. The summed E-state index contributed by atoms with van der Waals surface area (Å²) in [7, 11) is -3.31. The number of hydrogen-bond donors (Lipinski definition) is 2. The molecule has 0 fully saturated rings. The minimum atomic E-state index is -3.31. The Kier molecular flexibility index (Phi) is 3.68. The van der Waals surface area contributed by atoms with Gasteiger partial charge in [-0.1, -0.05) is 0 Å². The lowest BCUT2D eigenvalue weighted by Crippen LogP contribution is -2.39. The maximum absolute atomic E-state index is 13.3. The van der Waals surface area contributed by atoms with Crippen molar-refractivity contribution < 1.29 is 17.9 Å². The van der Waals surface area contributed by atoms with Crippen molar-refractivity contribution in [1.29, 1.82) is 0 Å². The van der Waals surface area contributed by atoms with Crippen LogP contribution in [0.5, 0.6) is 0 Å². The van der Waals surface area contributed by atoms with Gasteiger partial charge in [0.15, 0.2) is 9.84 Å². The van der Waals surface area contributed by atoms with Crippen molar-refractivity contribution in [3.63, 3.8) is 0 Å². The number of halogens is 1. The van der Waals surface area contributed by atoms with Gasteiger partial charge < -0.3 is 10.4 Å². The van der Waals surface area contributed by atoms with Crippen LogP contribution in [0.15, 0.2) is 23.1 Å². The lowest BCUT2D eigenvalue weighted by Gasteiger charge is -2.29. The van der Waals surface area contributed by atoms with E-state index in [-0.39, 0.29) is 16.7 Å². The van der Waals surface area contributed by atoms with Gasteiger partial charge in [0.25, 0.3) is 0 Å². The monoisotopic (exact) mass is 287 g/mol. The van der Waals surface area contributed by atoms with Gasteiger partial charge in [0.2, 0.25) is 0 Å². The molecule has 0 saturated heterocycles. The van der Waals surface area contributed by atoms with Gasteiger partial charge in [0, 0.05) is 12.6 Å². The summed E-state index contributed by atoms with van der Waals surface area (Å²) in [6, 6.07) is 3.49. The van der Waals surface area contributed by atoms with E-state index >= 15 is 0 Å². The zero-order valence-electron chi connectivity index (χ0n) is 11.0. The molecule has 106 valence electrons. The lowest BCUT2D eigenvalue weighted by molar-refractivity contribution is 0.0760. The average molecular weight is 287 g/mol. The molecule has 0 saturated carbocycles. The van der Waals surface area contributed by atoms with E-state index in [1.165, 1.54) is 12.1 Å². The fourth-order valence-corrected chi connectivity index (χ4v) is 3.80. The molecule has 0 amide bonds. The number of rotatable bonds is 3. The van der Waals surface area contributed by atoms with E-state index in [1.54, 1.807) is 13.8 Å².